The van der Waals surface area contributed by atoms with E-state index in [0.717, 1.165) is 6.42 Å². The molecule has 66 valence electrons. The largest absolute Gasteiger partial charge is 0.389 e. The molecule has 0 spiro atoms. The van der Waals surface area contributed by atoms with Crippen LogP contribution >= 0.6 is 0 Å². The van der Waals surface area contributed by atoms with Crippen molar-refractivity contribution < 1.29 is 13.2 Å². The molecule has 0 aromatic rings. The summed E-state index contributed by atoms with van der Waals surface area (Å²) in [5, 5.41) is 0. The van der Waals surface area contributed by atoms with Gasteiger partial charge in [-0.05, 0) is 18.8 Å². The van der Waals surface area contributed by atoms with Crippen molar-refractivity contribution in [2.75, 3.05) is 0 Å². The second-order valence-electron chi connectivity index (χ2n) is 2.56. The van der Waals surface area contributed by atoms with Gasteiger partial charge in [0, 0.05) is 6.42 Å². The van der Waals surface area contributed by atoms with Gasteiger partial charge in [-0.2, -0.15) is 13.2 Å². The summed E-state index contributed by atoms with van der Waals surface area (Å²) in [6.07, 6.45) is -2.22. The lowest BCUT2D eigenvalue weighted by Gasteiger charge is -2.10. The molecule has 0 bridgehead atoms. The molecular weight excluding hydrogens is 153 g/mol. The fourth-order valence-corrected chi connectivity index (χ4v) is 0.838. The summed E-state index contributed by atoms with van der Waals surface area (Å²) in [5.74, 6) is 0.0108. The van der Waals surface area contributed by atoms with Gasteiger partial charge in [-0.3, -0.25) is 0 Å². The van der Waals surface area contributed by atoms with E-state index >= 15 is 0 Å². The number of allylic oxidation sites excluding steroid dienone is 1. The van der Waals surface area contributed by atoms with E-state index in [4.69, 9.17) is 0 Å². The summed E-state index contributed by atoms with van der Waals surface area (Å²) in [5.41, 5.74) is 0. The Kier molecular flexibility index (Phi) is 4.23. The van der Waals surface area contributed by atoms with Crippen LogP contribution in [0, 0.1) is 5.92 Å². The summed E-state index contributed by atoms with van der Waals surface area (Å²) < 4.78 is 35.0. The SMILES string of the molecule is C=CC(CC)CCC(F)(F)F. The van der Waals surface area contributed by atoms with Gasteiger partial charge in [0.25, 0.3) is 0 Å². The third-order valence-electron chi connectivity index (χ3n) is 1.66. The lowest BCUT2D eigenvalue weighted by atomic mass is 10.0. The molecule has 0 rings (SSSR count). The minimum Gasteiger partial charge on any atom is -0.171 e. The monoisotopic (exact) mass is 166 g/mol. The fraction of sp³-hybridized carbons (Fsp3) is 0.750. The highest BCUT2D eigenvalue weighted by molar-refractivity contribution is 4.78. The van der Waals surface area contributed by atoms with Gasteiger partial charge < -0.3 is 0 Å². The predicted molar refractivity (Wildman–Crippen MR) is 39.3 cm³/mol. The average Bonchev–Trinajstić information content (AvgIpc) is 1.88. The van der Waals surface area contributed by atoms with E-state index in [2.05, 4.69) is 6.58 Å². The third-order valence-corrected chi connectivity index (χ3v) is 1.66. The Balaban J connectivity index is 3.59. The number of halogens is 3. The molecule has 0 fully saturated rings. The molecule has 0 heterocycles. The lowest BCUT2D eigenvalue weighted by molar-refractivity contribution is -0.136. The first kappa shape index (κ1) is 10.5. The van der Waals surface area contributed by atoms with E-state index in [9.17, 15) is 13.2 Å². The quantitative estimate of drug-likeness (QED) is 0.560. The van der Waals surface area contributed by atoms with Crippen LogP contribution in [0.1, 0.15) is 26.2 Å². The van der Waals surface area contributed by atoms with Crippen LogP contribution in [0.2, 0.25) is 0 Å². The second-order valence-corrected chi connectivity index (χ2v) is 2.56. The highest BCUT2D eigenvalue weighted by Gasteiger charge is 2.27. The van der Waals surface area contributed by atoms with E-state index in [1.807, 2.05) is 6.92 Å². The second kappa shape index (κ2) is 4.42. The molecule has 0 aromatic carbocycles. The normalized spacial score (nSPS) is 14.5. The first-order chi connectivity index (χ1) is 4.99. The summed E-state index contributed by atoms with van der Waals surface area (Å²) >= 11 is 0. The van der Waals surface area contributed by atoms with Crippen LogP contribution in [-0.2, 0) is 0 Å². The van der Waals surface area contributed by atoms with Gasteiger partial charge >= 0.3 is 6.18 Å². The Labute approximate surface area is 65.1 Å². The van der Waals surface area contributed by atoms with Crippen molar-refractivity contribution in [3.63, 3.8) is 0 Å². The maximum Gasteiger partial charge on any atom is 0.389 e. The van der Waals surface area contributed by atoms with Gasteiger partial charge in [-0.1, -0.05) is 13.0 Å². The van der Waals surface area contributed by atoms with E-state index < -0.39 is 12.6 Å². The van der Waals surface area contributed by atoms with Crippen molar-refractivity contribution in [1.29, 1.82) is 0 Å². The molecule has 0 aromatic heterocycles. The molecular formula is C8H13F3. The molecule has 0 amide bonds. The summed E-state index contributed by atoms with van der Waals surface area (Å²) in [4.78, 5) is 0. The van der Waals surface area contributed by atoms with Crippen LogP contribution in [0.5, 0.6) is 0 Å². The van der Waals surface area contributed by atoms with E-state index in [-0.39, 0.29) is 12.3 Å². The van der Waals surface area contributed by atoms with Gasteiger partial charge in [-0.15, -0.1) is 6.58 Å². The molecule has 11 heavy (non-hydrogen) atoms. The summed E-state index contributed by atoms with van der Waals surface area (Å²) in [6.45, 7) is 5.33. The number of hydrogen-bond acceptors (Lipinski definition) is 0. The first-order valence-electron chi connectivity index (χ1n) is 3.69. The van der Waals surface area contributed by atoms with Crippen LogP contribution in [0.4, 0.5) is 13.2 Å². The minimum absolute atomic E-state index is 0.0108. The molecule has 0 saturated carbocycles. The Morgan fingerprint density at radius 3 is 2.27 bits per heavy atom. The predicted octanol–water partition coefficient (Wildman–Crippen LogP) is 3.54. The molecule has 1 atom stereocenters. The van der Waals surface area contributed by atoms with Crippen LogP contribution < -0.4 is 0 Å². The molecule has 0 N–H and O–H groups in total. The zero-order valence-corrected chi connectivity index (χ0v) is 6.62. The average molecular weight is 166 g/mol. The fourth-order valence-electron chi connectivity index (χ4n) is 0.838. The van der Waals surface area contributed by atoms with Crippen molar-refractivity contribution in [3.8, 4) is 0 Å². The Morgan fingerprint density at radius 1 is 1.45 bits per heavy atom. The molecule has 0 aliphatic carbocycles. The van der Waals surface area contributed by atoms with Gasteiger partial charge in [0.2, 0.25) is 0 Å². The van der Waals surface area contributed by atoms with Crippen molar-refractivity contribution in [3.05, 3.63) is 12.7 Å². The van der Waals surface area contributed by atoms with E-state index in [1.165, 1.54) is 0 Å². The topological polar surface area (TPSA) is 0 Å². The first-order valence-corrected chi connectivity index (χ1v) is 3.69. The third kappa shape index (κ3) is 5.95. The van der Waals surface area contributed by atoms with Gasteiger partial charge in [0.05, 0.1) is 0 Å². The molecule has 0 nitrogen and oxygen atoms in total. The van der Waals surface area contributed by atoms with Crippen molar-refractivity contribution in [2.24, 2.45) is 5.92 Å². The summed E-state index contributed by atoms with van der Waals surface area (Å²) in [7, 11) is 0. The molecule has 0 radical (unpaired) electrons. The van der Waals surface area contributed by atoms with Gasteiger partial charge in [0.1, 0.15) is 0 Å². The lowest BCUT2D eigenvalue weighted by Crippen LogP contribution is -2.09. The van der Waals surface area contributed by atoms with E-state index in [0.29, 0.717) is 0 Å². The van der Waals surface area contributed by atoms with Crippen molar-refractivity contribution >= 4 is 0 Å². The highest BCUT2D eigenvalue weighted by atomic mass is 19.4. The number of alkyl halides is 3. The van der Waals surface area contributed by atoms with Crippen LogP contribution in [-0.4, -0.2) is 6.18 Å². The zero-order valence-electron chi connectivity index (χ0n) is 6.62. The minimum atomic E-state index is -4.02. The Bertz CT molecular complexity index is 115. The maximum absolute atomic E-state index is 11.7. The Hall–Kier alpha value is -0.470. The van der Waals surface area contributed by atoms with Crippen molar-refractivity contribution in [2.45, 2.75) is 32.4 Å². The van der Waals surface area contributed by atoms with Gasteiger partial charge in [-0.25, -0.2) is 0 Å². The maximum atomic E-state index is 11.7. The van der Waals surface area contributed by atoms with Crippen molar-refractivity contribution in [1.82, 2.24) is 0 Å². The zero-order chi connectivity index (χ0) is 8.91. The van der Waals surface area contributed by atoms with Crippen LogP contribution in [0.25, 0.3) is 0 Å². The highest BCUT2D eigenvalue weighted by Crippen LogP contribution is 2.25. The standard InChI is InChI=1S/C8H13F3/c1-3-7(4-2)5-6-8(9,10)11/h3,7H,1,4-6H2,2H3. The molecule has 0 aliphatic rings. The van der Waals surface area contributed by atoms with Crippen LogP contribution in [0.3, 0.4) is 0 Å². The Morgan fingerprint density at radius 2 is 2.00 bits per heavy atom. The van der Waals surface area contributed by atoms with Crippen LogP contribution in [0.15, 0.2) is 12.7 Å². The number of hydrogen-bond donors (Lipinski definition) is 0. The van der Waals surface area contributed by atoms with E-state index in [1.54, 1.807) is 6.08 Å². The molecule has 0 aliphatic heterocycles. The smallest absolute Gasteiger partial charge is 0.171 e. The van der Waals surface area contributed by atoms with Gasteiger partial charge in [0.15, 0.2) is 0 Å². The molecule has 1 unspecified atom stereocenters. The number of rotatable bonds is 4. The molecule has 0 saturated heterocycles. The summed E-state index contributed by atoms with van der Waals surface area (Å²) in [6, 6.07) is 0. The molecule has 3 heteroatoms.